The summed E-state index contributed by atoms with van der Waals surface area (Å²) in [5.41, 5.74) is 0.997. The number of alkyl carbamates (subject to hydrolysis) is 1. The van der Waals surface area contributed by atoms with E-state index in [1.54, 1.807) is 45.9 Å². The van der Waals surface area contributed by atoms with E-state index in [9.17, 15) is 19.5 Å². The Kier molecular flexibility index (Phi) is 11.7. The van der Waals surface area contributed by atoms with E-state index >= 15 is 0 Å². The second-order valence-electron chi connectivity index (χ2n) is 9.88. The molecule has 9 heteroatoms. The third kappa shape index (κ3) is 9.13. The number of thioether (sulfide) groups is 1. The monoisotopic (exact) mass is 541 g/mol. The summed E-state index contributed by atoms with van der Waals surface area (Å²) in [5, 5.41) is 16.5. The van der Waals surface area contributed by atoms with Crippen LogP contribution in [0.2, 0.25) is 0 Å². The lowest BCUT2D eigenvalue weighted by Crippen LogP contribution is -2.53. The van der Waals surface area contributed by atoms with Crippen LogP contribution in [0.3, 0.4) is 0 Å². The molecular weight excluding hydrogens is 502 g/mol. The van der Waals surface area contributed by atoms with E-state index in [1.165, 1.54) is 22.7 Å². The van der Waals surface area contributed by atoms with Gasteiger partial charge in [-0.05, 0) is 57.3 Å². The number of phenolic OH excluding ortho intramolecular Hbond substituents is 1. The van der Waals surface area contributed by atoms with Gasteiger partial charge in [-0.3, -0.25) is 9.59 Å². The lowest BCUT2D eigenvalue weighted by Gasteiger charge is -2.34. The fourth-order valence-corrected chi connectivity index (χ4v) is 4.31. The first-order valence-electron chi connectivity index (χ1n) is 12.5. The van der Waals surface area contributed by atoms with Gasteiger partial charge in [0.1, 0.15) is 23.4 Å². The van der Waals surface area contributed by atoms with E-state index in [1.807, 2.05) is 36.6 Å². The third-order valence-corrected chi connectivity index (χ3v) is 6.29. The fraction of sp³-hybridized carbons (Fsp3) is 0.414. The standard InChI is InChI=1S/C29H39N3O5S/c1-7-17-32(27(35)23(16-18-38-6)31-28(36)37-29(3,4)5)24(22-15-11-12-20(2)25(22)33)26(34)30-19-21-13-9-8-10-14-21/h7-15,23-24,33H,1,16-19H2,2-6H3,(H,30,34)(H,31,36). The molecule has 0 saturated heterocycles. The number of amides is 3. The summed E-state index contributed by atoms with van der Waals surface area (Å²) in [5.74, 6) is -0.430. The number of para-hydroxylation sites is 1. The predicted molar refractivity (Wildman–Crippen MR) is 152 cm³/mol. The minimum absolute atomic E-state index is 0.0153. The van der Waals surface area contributed by atoms with Gasteiger partial charge in [-0.15, -0.1) is 6.58 Å². The first kappa shape index (κ1) is 30.8. The lowest BCUT2D eigenvalue weighted by atomic mass is 9.99. The summed E-state index contributed by atoms with van der Waals surface area (Å²) in [6.07, 6.45) is 3.02. The summed E-state index contributed by atoms with van der Waals surface area (Å²) in [6.45, 7) is 11.0. The van der Waals surface area contributed by atoms with Crippen molar-refractivity contribution in [3.8, 4) is 5.75 Å². The van der Waals surface area contributed by atoms with Crippen LogP contribution in [-0.2, 0) is 20.9 Å². The van der Waals surface area contributed by atoms with Crippen molar-refractivity contribution < 1.29 is 24.2 Å². The number of aromatic hydroxyl groups is 1. The second-order valence-corrected chi connectivity index (χ2v) is 10.9. The van der Waals surface area contributed by atoms with Gasteiger partial charge in [0.25, 0.3) is 0 Å². The Morgan fingerprint density at radius 3 is 2.42 bits per heavy atom. The topological polar surface area (TPSA) is 108 Å². The average molecular weight is 542 g/mol. The van der Waals surface area contributed by atoms with Crippen molar-refractivity contribution in [2.75, 3.05) is 18.6 Å². The number of hydrogen-bond donors (Lipinski definition) is 3. The van der Waals surface area contributed by atoms with Crippen LogP contribution in [0.1, 0.15) is 49.9 Å². The maximum absolute atomic E-state index is 14.0. The number of carbonyl (C=O) groups is 3. The van der Waals surface area contributed by atoms with E-state index in [4.69, 9.17) is 4.74 Å². The number of nitrogens with one attached hydrogen (secondary N) is 2. The Bertz CT molecular complexity index is 1100. The molecule has 0 fully saturated rings. The van der Waals surface area contributed by atoms with Gasteiger partial charge in [0.15, 0.2) is 0 Å². The van der Waals surface area contributed by atoms with Crippen molar-refractivity contribution in [2.45, 2.75) is 58.3 Å². The molecule has 2 rings (SSSR count). The number of phenols is 1. The molecule has 2 unspecified atom stereocenters. The molecule has 0 saturated carbocycles. The highest BCUT2D eigenvalue weighted by Crippen LogP contribution is 2.32. The molecule has 0 radical (unpaired) electrons. The SMILES string of the molecule is C=CCN(C(=O)C(CCSC)NC(=O)OC(C)(C)C)C(C(=O)NCc1ccccc1)c1cccc(C)c1O. The molecule has 8 nitrogen and oxygen atoms in total. The van der Waals surface area contributed by atoms with Crippen molar-refractivity contribution in [3.05, 3.63) is 77.9 Å². The zero-order valence-corrected chi connectivity index (χ0v) is 23.6. The summed E-state index contributed by atoms with van der Waals surface area (Å²) in [6, 6.07) is 12.4. The fourth-order valence-electron chi connectivity index (χ4n) is 3.84. The van der Waals surface area contributed by atoms with Crippen LogP contribution >= 0.6 is 11.8 Å². The molecule has 2 atom stereocenters. The zero-order valence-electron chi connectivity index (χ0n) is 22.8. The van der Waals surface area contributed by atoms with Crippen LogP contribution < -0.4 is 10.6 Å². The summed E-state index contributed by atoms with van der Waals surface area (Å²) >= 11 is 1.53. The van der Waals surface area contributed by atoms with Gasteiger partial charge < -0.3 is 25.4 Å². The largest absolute Gasteiger partial charge is 0.507 e. The first-order chi connectivity index (χ1) is 18.0. The third-order valence-electron chi connectivity index (χ3n) is 5.64. The number of hydrogen-bond acceptors (Lipinski definition) is 6. The Hall–Kier alpha value is -3.46. The molecule has 3 N–H and O–H groups in total. The quantitative estimate of drug-likeness (QED) is 0.336. The van der Waals surface area contributed by atoms with Gasteiger partial charge >= 0.3 is 6.09 Å². The molecule has 0 aromatic heterocycles. The number of ether oxygens (including phenoxy) is 1. The normalized spacial score (nSPS) is 12.7. The highest BCUT2D eigenvalue weighted by atomic mass is 32.2. The molecule has 206 valence electrons. The summed E-state index contributed by atoms with van der Waals surface area (Å²) in [7, 11) is 0. The van der Waals surface area contributed by atoms with Crippen LogP contribution in [0.15, 0.2) is 61.2 Å². The second kappa shape index (κ2) is 14.5. The van der Waals surface area contributed by atoms with Crippen LogP contribution in [0.5, 0.6) is 5.75 Å². The number of carbonyl (C=O) groups excluding carboxylic acids is 3. The molecule has 0 aliphatic heterocycles. The van der Waals surface area contributed by atoms with Crippen LogP contribution in [-0.4, -0.2) is 58.1 Å². The maximum Gasteiger partial charge on any atom is 0.408 e. The Labute approximate surface area is 229 Å². The highest BCUT2D eigenvalue weighted by molar-refractivity contribution is 7.98. The molecule has 0 aliphatic rings. The average Bonchev–Trinajstić information content (AvgIpc) is 2.86. The van der Waals surface area contributed by atoms with Crippen molar-refractivity contribution in [2.24, 2.45) is 0 Å². The molecule has 2 aromatic rings. The minimum Gasteiger partial charge on any atom is -0.507 e. The molecule has 2 aromatic carbocycles. The molecule has 38 heavy (non-hydrogen) atoms. The van der Waals surface area contributed by atoms with Crippen molar-refractivity contribution in [1.82, 2.24) is 15.5 Å². The van der Waals surface area contributed by atoms with Crippen LogP contribution in [0.4, 0.5) is 4.79 Å². The molecule has 0 heterocycles. The summed E-state index contributed by atoms with van der Waals surface area (Å²) in [4.78, 5) is 41.6. The lowest BCUT2D eigenvalue weighted by molar-refractivity contribution is -0.142. The van der Waals surface area contributed by atoms with Gasteiger partial charge in [-0.2, -0.15) is 11.8 Å². The van der Waals surface area contributed by atoms with Gasteiger partial charge in [-0.1, -0.05) is 54.6 Å². The van der Waals surface area contributed by atoms with Gasteiger partial charge in [0, 0.05) is 18.7 Å². The van der Waals surface area contributed by atoms with E-state index in [-0.39, 0.29) is 24.4 Å². The van der Waals surface area contributed by atoms with E-state index < -0.39 is 35.6 Å². The summed E-state index contributed by atoms with van der Waals surface area (Å²) < 4.78 is 5.39. The molecule has 0 spiro atoms. The number of rotatable bonds is 12. The van der Waals surface area contributed by atoms with Crippen LogP contribution in [0, 0.1) is 6.92 Å². The van der Waals surface area contributed by atoms with Crippen molar-refractivity contribution in [3.63, 3.8) is 0 Å². The Morgan fingerprint density at radius 2 is 1.82 bits per heavy atom. The molecule has 0 aliphatic carbocycles. The van der Waals surface area contributed by atoms with Gasteiger partial charge in [0.2, 0.25) is 11.8 Å². The predicted octanol–water partition coefficient (Wildman–Crippen LogP) is 4.72. The smallest absolute Gasteiger partial charge is 0.408 e. The molecular formula is C29H39N3O5S. The number of nitrogens with zero attached hydrogens (tertiary/aromatic N) is 1. The number of aryl methyl sites for hydroxylation is 1. The van der Waals surface area contributed by atoms with Crippen molar-refractivity contribution in [1.29, 1.82) is 0 Å². The Balaban J connectivity index is 2.47. The minimum atomic E-state index is -1.17. The van der Waals surface area contributed by atoms with E-state index in [0.717, 1.165) is 5.56 Å². The van der Waals surface area contributed by atoms with Gasteiger partial charge in [-0.25, -0.2) is 4.79 Å². The van der Waals surface area contributed by atoms with Crippen molar-refractivity contribution >= 4 is 29.7 Å². The van der Waals surface area contributed by atoms with E-state index in [0.29, 0.717) is 17.7 Å². The molecule has 3 amide bonds. The molecule has 0 bridgehead atoms. The van der Waals surface area contributed by atoms with E-state index in [2.05, 4.69) is 17.2 Å². The number of benzene rings is 2. The first-order valence-corrected chi connectivity index (χ1v) is 13.9. The zero-order chi connectivity index (χ0) is 28.3. The Morgan fingerprint density at radius 1 is 1.13 bits per heavy atom. The van der Waals surface area contributed by atoms with Crippen LogP contribution in [0.25, 0.3) is 0 Å². The highest BCUT2D eigenvalue weighted by Gasteiger charge is 2.37. The maximum atomic E-state index is 14.0. The van der Waals surface area contributed by atoms with Gasteiger partial charge in [0.05, 0.1) is 0 Å².